The number of nitrogens with one attached hydrogen (secondary N) is 1. The zero-order valence-corrected chi connectivity index (χ0v) is 7.45. The number of hydrogen-bond donors (Lipinski definition) is 1. The van der Waals surface area contributed by atoms with Gasteiger partial charge < -0.3 is 10.1 Å². The van der Waals surface area contributed by atoms with Gasteiger partial charge in [-0.1, -0.05) is 0 Å². The van der Waals surface area contributed by atoms with Gasteiger partial charge in [0, 0.05) is 6.42 Å². The fourth-order valence-corrected chi connectivity index (χ4v) is 0.803. The van der Waals surface area contributed by atoms with Crippen LogP contribution in [0.5, 0.6) is 0 Å². The number of nitrogens with zero attached hydrogens (tertiary/aromatic N) is 1. The number of ether oxygens (including phenoxy) is 1. The van der Waals surface area contributed by atoms with E-state index in [-0.39, 0.29) is 19.4 Å². The number of rotatable bonds is 6. The van der Waals surface area contributed by atoms with Crippen LogP contribution in [0.3, 0.4) is 0 Å². The highest BCUT2D eigenvalue weighted by Gasteiger charge is 2.17. The molecule has 0 spiro atoms. The summed E-state index contributed by atoms with van der Waals surface area (Å²) in [5.74, 6) is -0.496. The zero-order valence-electron chi connectivity index (χ0n) is 7.45. The average molecular weight is 184 g/mol. The van der Waals surface area contributed by atoms with Gasteiger partial charge in [0.05, 0.1) is 12.7 Å². The second-order valence-corrected chi connectivity index (χ2v) is 2.29. The molecule has 0 heterocycles. The molecule has 0 aromatic heterocycles. The second kappa shape index (κ2) is 7.10. The number of esters is 1. The van der Waals surface area contributed by atoms with Gasteiger partial charge in [0.1, 0.15) is 6.04 Å². The van der Waals surface area contributed by atoms with Crippen molar-refractivity contribution in [3.63, 3.8) is 0 Å². The molecular weight excluding hydrogens is 172 g/mol. The third kappa shape index (κ3) is 4.80. The molecule has 1 amide bonds. The van der Waals surface area contributed by atoms with Crippen molar-refractivity contribution in [3.8, 4) is 6.07 Å². The summed E-state index contributed by atoms with van der Waals surface area (Å²) in [4.78, 5) is 21.2. The summed E-state index contributed by atoms with van der Waals surface area (Å²) in [6.07, 6.45) is 0.928. The van der Waals surface area contributed by atoms with E-state index in [0.717, 1.165) is 0 Å². The number of hydrogen-bond acceptors (Lipinski definition) is 4. The van der Waals surface area contributed by atoms with Crippen LogP contribution in [-0.4, -0.2) is 25.0 Å². The van der Waals surface area contributed by atoms with Gasteiger partial charge in [-0.3, -0.25) is 4.79 Å². The topological polar surface area (TPSA) is 79.2 Å². The molecule has 0 rings (SSSR count). The standard InChI is InChI=1S/C8H12N2O3/c1-2-13-8(12)7(10-6-11)4-3-5-9/h6-7H,2-4H2,1H3,(H,10,11)/t7-/m0/s1. The molecule has 0 radical (unpaired) electrons. The third-order valence-electron chi connectivity index (χ3n) is 1.39. The summed E-state index contributed by atoms with van der Waals surface area (Å²) < 4.78 is 4.68. The Kier molecular flexibility index (Phi) is 6.24. The first-order valence-electron chi connectivity index (χ1n) is 3.99. The summed E-state index contributed by atoms with van der Waals surface area (Å²) in [5, 5.41) is 10.6. The molecular formula is C8H12N2O3. The minimum absolute atomic E-state index is 0.213. The predicted molar refractivity (Wildman–Crippen MR) is 44.5 cm³/mol. The van der Waals surface area contributed by atoms with Crippen molar-refractivity contribution in [3.05, 3.63) is 0 Å². The van der Waals surface area contributed by atoms with E-state index in [1.165, 1.54) is 0 Å². The van der Waals surface area contributed by atoms with Crippen LogP contribution in [0.25, 0.3) is 0 Å². The maximum absolute atomic E-state index is 11.1. The van der Waals surface area contributed by atoms with Crippen LogP contribution >= 0.6 is 0 Å². The first-order valence-corrected chi connectivity index (χ1v) is 3.99. The third-order valence-corrected chi connectivity index (χ3v) is 1.39. The SMILES string of the molecule is CCOC(=O)[C@H](CCC#N)NC=O. The van der Waals surface area contributed by atoms with Crippen molar-refractivity contribution >= 4 is 12.4 Å². The molecule has 13 heavy (non-hydrogen) atoms. The van der Waals surface area contributed by atoms with E-state index >= 15 is 0 Å². The molecule has 1 atom stereocenters. The Bertz CT molecular complexity index is 210. The Labute approximate surface area is 76.7 Å². The number of amides is 1. The lowest BCUT2D eigenvalue weighted by atomic mass is 10.2. The van der Waals surface area contributed by atoms with Crippen molar-refractivity contribution in [2.24, 2.45) is 0 Å². The molecule has 0 aromatic rings. The Morgan fingerprint density at radius 1 is 1.77 bits per heavy atom. The van der Waals surface area contributed by atoms with E-state index in [1.54, 1.807) is 6.92 Å². The van der Waals surface area contributed by atoms with Crippen molar-refractivity contribution in [2.45, 2.75) is 25.8 Å². The van der Waals surface area contributed by atoms with Crippen LogP contribution in [0.2, 0.25) is 0 Å². The normalized spacial score (nSPS) is 11.1. The fourth-order valence-electron chi connectivity index (χ4n) is 0.803. The fraction of sp³-hybridized carbons (Fsp3) is 0.625. The molecule has 5 nitrogen and oxygen atoms in total. The first kappa shape index (κ1) is 11.4. The van der Waals surface area contributed by atoms with Crippen LogP contribution < -0.4 is 5.32 Å². The highest BCUT2D eigenvalue weighted by Crippen LogP contribution is 1.98. The van der Waals surface area contributed by atoms with E-state index < -0.39 is 12.0 Å². The molecule has 0 aromatic carbocycles. The zero-order chi connectivity index (χ0) is 10.1. The van der Waals surface area contributed by atoms with Gasteiger partial charge in [-0.2, -0.15) is 5.26 Å². The minimum atomic E-state index is -0.697. The minimum Gasteiger partial charge on any atom is -0.464 e. The van der Waals surface area contributed by atoms with Gasteiger partial charge in [0.15, 0.2) is 0 Å². The van der Waals surface area contributed by atoms with Gasteiger partial charge >= 0.3 is 5.97 Å². The molecule has 0 aliphatic rings. The Morgan fingerprint density at radius 2 is 2.46 bits per heavy atom. The number of nitriles is 1. The van der Waals surface area contributed by atoms with Crippen LogP contribution in [0.4, 0.5) is 0 Å². The summed E-state index contributed by atoms with van der Waals surface area (Å²) >= 11 is 0. The van der Waals surface area contributed by atoms with E-state index in [2.05, 4.69) is 10.1 Å². The summed E-state index contributed by atoms with van der Waals surface area (Å²) in [7, 11) is 0. The van der Waals surface area contributed by atoms with Crippen molar-refractivity contribution < 1.29 is 14.3 Å². The first-order chi connectivity index (χ1) is 6.26. The van der Waals surface area contributed by atoms with Crippen LogP contribution in [0, 0.1) is 11.3 Å². The van der Waals surface area contributed by atoms with Gasteiger partial charge in [0.25, 0.3) is 0 Å². The smallest absolute Gasteiger partial charge is 0.328 e. The Morgan fingerprint density at radius 3 is 2.92 bits per heavy atom. The Balaban J connectivity index is 3.99. The lowest BCUT2D eigenvalue weighted by Crippen LogP contribution is -2.37. The molecule has 0 aliphatic heterocycles. The van der Waals surface area contributed by atoms with Crippen molar-refractivity contribution in [2.75, 3.05) is 6.61 Å². The number of carbonyl (C=O) groups excluding carboxylic acids is 2. The summed E-state index contributed by atoms with van der Waals surface area (Å²) in [6.45, 7) is 1.95. The molecule has 1 N–H and O–H groups in total. The average Bonchev–Trinajstić information content (AvgIpc) is 2.12. The molecule has 72 valence electrons. The molecule has 0 saturated carbocycles. The van der Waals surface area contributed by atoms with Gasteiger partial charge in [-0.25, -0.2) is 4.79 Å². The summed E-state index contributed by atoms with van der Waals surface area (Å²) in [5.41, 5.74) is 0. The van der Waals surface area contributed by atoms with E-state index in [1.807, 2.05) is 6.07 Å². The molecule has 0 fully saturated rings. The maximum atomic E-state index is 11.1. The molecule has 0 bridgehead atoms. The van der Waals surface area contributed by atoms with Gasteiger partial charge in [-0.05, 0) is 13.3 Å². The highest BCUT2D eigenvalue weighted by molar-refractivity contribution is 5.78. The van der Waals surface area contributed by atoms with Crippen LogP contribution in [-0.2, 0) is 14.3 Å². The van der Waals surface area contributed by atoms with Crippen LogP contribution in [0.15, 0.2) is 0 Å². The van der Waals surface area contributed by atoms with E-state index in [4.69, 9.17) is 5.26 Å². The largest absolute Gasteiger partial charge is 0.464 e. The molecule has 5 heteroatoms. The predicted octanol–water partition coefficient (Wildman–Crippen LogP) is -0.0321. The second-order valence-electron chi connectivity index (χ2n) is 2.29. The molecule has 0 unspecified atom stereocenters. The lowest BCUT2D eigenvalue weighted by Gasteiger charge is -2.12. The monoisotopic (exact) mass is 184 g/mol. The van der Waals surface area contributed by atoms with Gasteiger partial charge in [-0.15, -0.1) is 0 Å². The highest BCUT2D eigenvalue weighted by atomic mass is 16.5. The van der Waals surface area contributed by atoms with E-state index in [9.17, 15) is 9.59 Å². The summed E-state index contributed by atoms with van der Waals surface area (Å²) in [6, 6.07) is 1.19. The van der Waals surface area contributed by atoms with Gasteiger partial charge in [0.2, 0.25) is 6.41 Å². The quantitative estimate of drug-likeness (QED) is 0.464. The molecule has 0 saturated heterocycles. The van der Waals surface area contributed by atoms with Crippen molar-refractivity contribution in [1.82, 2.24) is 5.32 Å². The maximum Gasteiger partial charge on any atom is 0.328 e. The van der Waals surface area contributed by atoms with Crippen LogP contribution in [0.1, 0.15) is 19.8 Å². The lowest BCUT2D eigenvalue weighted by molar-refractivity contribution is -0.146. The van der Waals surface area contributed by atoms with Crippen molar-refractivity contribution in [1.29, 1.82) is 5.26 Å². The number of carbonyl (C=O) groups is 2. The Hall–Kier alpha value is -1.57. The molecule has 0 aliphatic carbocycles. The van der Waals surface area contributed by atoms with E-state index in [0.29, 0.717) is 6.41 Å².